The predicted molar refractivity (Wildman–Crippen MR) is 55.7 cm³/mol. The number of halogens is 1. The van der Waals surface area contributed by atoms with E-state index in [-0.39, 0.29) is 16.0 Å². The van der Waals surface area contributed by atoms with E-state index >= 15 is 0 Å². The van der Waals surface area contributed by atoms with Crippen LogP contribution in [0.3, 0.4) is 0 Å². The first-order valence-electron chi connectivity index (χ1n) is 3.64. The summed E-state index contributed by atoms with van der Waals surface area (Å²) in [5, 5.41) is 12.3. The summed E-state index contributed by atoms with van der Waals surface area (Å²) in [6, 6.07) is 2.77. The average molecular weight is 229 g/mol. The van der Waals surface area contributed by atoms with E-state index in [2.05, 4.69) is 12.6 Å². The number of thiophene rings is 1. The molecule has 0 bridgehead atoms. The van der Waals surface area contributed by atoms with Crippen LogP contribution < -0.4 is 0 Å². The van der Waals surface area contributed by atoms with Gasteiger partial charge in [0, 0.05) is 4.70 Å². The van der Waals surface area contributed by atoms with Gasteiger partial charge in [0.2, 0.25) is 0 Å². The molecule has 0 N–H and O–H groups in total. The quantitative estimate of drug-likeness (QED) is 0.463. The normalized spacial score (nSPS) is 10.7. The van der Waals surface area contributed by atoms with Crippen LogP contribution in [0.1, 0.15) is 0 Å². The third kappa shape index (κ3) is 1.27. The number of thiol groups is 1. The van der Waals surface area contributed by atoms with E-state index in [9.17, 15) is 14.5 Å². The molecule has 2 rings (SSSR count). The van der Waals surface area contributed by atoms with Crippen molar-refractivity contribution in [3.63, 3.8) is 0 Å². The Morgan fingerprint density at radius 3 is 2.86 bits per heavy atom. The van der Waals surface area contributed by atoms with Crippen molar-refractivity contribution in [2.75, 3.05) is 0 Å². The number of nitrogens with zero attached hydrogens (tertiary/aromatic N) is 1. The molecule has 0 unspecified atom stereocenters. The van der Waals surface area contributed by atoms with E-state index in [1.54, 1.807) is 0 Å². The number of fused-ring (bicyclic) bond motifs is 1. The molecule has 72 valence electrons. The number of nitro groups is 1. The second-order valence-electron chi connectivity index (χ2n) is 2.65. The lowest BCUT2D eigenvalue weighted by atomic mass is 10.2. The minimum atomic E-state index is -0.540. The summed E-state index contributed by atoms with van der Waals surface area (Å²) in [6.07, 6.45) is 0. The highest BCUT2D eigenvalue weighted by Gasteiger charge is 2.18. The smallest absolute Gasteiger partial charge is 0.258 e. The molecule has 1 aromatic heterocycles. The predicted octanol–water partition coefficient (Wildman–Crippen LogP) is 3.24. The van der Waals surface area contributed by atoms with Gasteiger partial charge in [0.05, 0.1) is 20.6 Å². The van der Waals surface area contributed by atoms with E-state index in [1.807, 2.05) is 0 Å². The van der Waals surface area contributed by atoms with Crippen LogP contribution in [-0.2, 0) is 0 Å². The molecule has 1 aromatic carbocycles. The van der Waals surface area contributed by atoms with Crippen LogP contribution in [0, 0.1) is 15.9 Å². The maximum atomic E-state index is 13.1. The molecule has 0 amide bonds. The molecule has 2 aromatic rings. The van der Waals surface area contributed by atoms with E-state index in [1.165, 1.54) is 28.8 Å². The Morgan fingerprint density at radius 1 is 1.50 bits per heavy atom. The Labute approximate surface area is 87.7 Å². The molecule has 0 spiro atoms. The zero-order valence-corrected chi connectivity index (χ0v) is 8.44. The highest BCUT2D eigenvalue weighted by Crippen LogP contribution is 2.37. The SMILES string of the molecule is O=[N+]([O-])c1csc2ccc(F)c(S)c12. The van der Waals surface area contributed by atoms with Crippen LogP contribution in [-0.4, -0.2) is 4.92 Å². The van der Waals surface area contributed by atoms with Crippen molar-refractivity contribution in [2.24, 2.45) is 0 Å². The minimum absolute atomic E-state index is 0.0375. The van der Waals surface area contributed by atoms with Crippen LogP contribution in [0.25, 0.3) is 10.1 Å². The number of rotatable bonds is 1. The Hall–Kier alpha value is -1.14. The Morgan fingerprint density at radius 2 is 2.21 bits per heavy atom. The van der Waals surface area contributed by atoms with Gasteiger partial charge in [0.25, 0.3) is 5.69 Å². The molecule has 0 fully saturated rings. The topological polar surface area (TPSA) is 43.1 Å². The zero-order chi connectivity index (χ0) is 10.3. The lowest BCUT2D eigenvalue weighted by molar-refractivity contribution is -0.382. The molecule has 0 aliphatic rings. The molecule has 0 saturated heterocycles. The first-order chi connectivity index (χ1) is 6.61. The fourth-order valence-corrected chi connectivity index (χ4v) is 2.50. The summed E-state index contributed by atoms with van der Waals surface area (Å²) in [4.78, 5) is 10.1. The summed E-state index contributed by atoms with van der Waals surface area (Å²) in [5.74, 6) is -0.540. The number of benzene rings is 1. The third-order valence-electron chi connectivity index (χ3n) is 1.84. The molecule has 3 nitrogen and oxygen atoms in total. The van der Waals surface area contributed by atoms with Gasteiger partial charge >= 0.3 is 0 Å². The van der Waals surface area contributed by atoms with Crippen molar-refractivity contribution in [2.45, 2.75) is 4.90 Å². The molecular formula is C8H4FNO2S2. The second-order valence-corrected chi connectivity index (χ2v) is 4.01. The van der Waals surface area contributed by atoms with Crippen molar-refractivity contribution in [1.82, 2.24) is 0 Å². The van der Waals surface area contributed by atoms with Crippen LogP contribution in [0.2, 0.25) is 0 Å². The Bertz CT molecular complexity index is 523. The maximum absolute atomic E-state index is 13.1. The van der Waals surface area contributed by atoms with Gasteiger partial charge in [-0.3, -0.25) is 10.1 Å². The molecule has 0 aliphatic heterocycles. The lowest BCUT2D eigenvalue weighted by Gasteiger charge is -1.96. The third-order valence-corrected chi connectivity index (χ3v) is 3.21. The van der Waals surface area contributed by atoms with Gasteiger partial charge in [-0.25, -0.2) is 4.39 Å². The van der Waals surface area contributed by atoms with Crippen molar-refractivity contribution in [1.29, 1.82) is 0 Å². The maximum Gasteiger partial charge on any atom is 0.289 e. The van der Waals surface area contributed by atoms with Gasteiger partial charge < -0.3 is 0 Å². The monoisotopic (exact) mass is 229 g/mol. The van der Waals surface area contributed by atoms with E-state index < -0.39 is 10.7 Å². The lowest BCUT2D eigenvalue weighted by Crippen LogP contribution is -1.87. The molecule has 0 atom stereocenters. The molecule has 1 heterocycles. The first-order valence-corrected chi connectivity index (χ1v) is 4.97. The summed E-state index contributed by atoms with van der Waals surface area (Å²) in [5.41, 5.74) is -0.0884. The van der Waals surface area contributed by atoms with Gasteiger partial charge in [0.15, 0.2) is 0 Å². The Balaban J connectivity index is 2.89. The fraction of sp³-hybridized carbons (Fsp3) is 0. The van der Waals surface area contributed by atoms with Crippen LogP contribution >= 0.6 is 24.0 Å². The van der Waals surface area contributed by atoms with Crippen molar-refractivity contribution < 1.29 is 9.31 Å². The van der Waals surface area contributed by atoms with Crippen LogP contribution in [0.15, 0.2) is 22.4 Å². The molecule has 14 heavy (non-hydrogen) atoms. The van der Waals surface area contributed by atoms with Crippen LogP contribution in [0.5, 0.6) is 0 Å². The molecule has 0 radical (unpaired) electrons. The first kappa shape index (κ1) is 9.42. The highest BCUT2D eigenvalue weighted by molar-refractivity contribution is 7.80. The zero-order valence-electron chi connectivity index (χ0n) is 6.73. The van der Waals surface area contributed by atoms with Crippen molar-refractivity contribution >= 4 is 39.7 Å². The summed E-state index contributed by atoms with van der Waals surface area (Å²) >= 11 is 5.13. The number of hydrogen-bond donors (Lipinski definition) is 1. The summed E-state index contributed by atoms with van der Waals surface area (Å²) in [6.45, 7) is 0. The highest BCUT2D eigenvalue weighted by atomic mass is 32.1. The van der Waals surface area contributed by atoms with Gasteiger partial charge in [-0.15, -0.1) is 24.0 Å². The van der Waals surface area contributed by atoms with Crippen molar-refractivity contribution in [3.8, 4) is 0 Å². The number of hydrogen-bond acceptors (Lipinski definition) is 4. The van der Waals surface area contributed by atoms with Gasteiger partial charge in [0.1, 0.15) is 5.82 Å². The Kier molecular flexibility index (Phi) is 2.16. The standard InChI is InChI=1S/C8H4FNO2S2/c9-4-1-2-6-7(8(4)13)5(3-14-6)10(11)12/h1-3,13H. The summed E-state index contributed by atoms with van der Waals surface area (Å²) < 4.78 is 13.7. The molecular weight excluding hydrogens is 225 g/mol. The molecule has 0 aliphatic carbocycles. The van der Waals surface area contributed by atoms with Gasteiger partial charge in [-0.1, -0.05) is 0 Å². The second kappa shape index (κ2) is 3.21. The van der Waals surface area contributed by atoms with E-state index in [0.29, 0.717) is 4.70 Å². The summed E-state index contributed by atoms with van der Waals surface area (Å²) in [7, 11) is 0. The fourth-order valence-electron chi connectivity index (χ4n) is 1.21. The van der Waals surface area contributed by atoms with Crippen LogP contribution in [0.4, 0.5) is 10.1 Å². The van der Waals surface area contributed by atoms with E-state index in [4.69, 9.17) is 0 Å². The molecule has 0 saturated carbocycles. The van der Waals surface area contributed by atoms with E-state index in [0.717, 1.165) is 0 Å². The minimum Gasteiger partial charge on any atom is -0.258 e. The van der Waals surface area contributed by atoms with Gasteiger partial charge in [-0.05, 0) is 12.1 Å². The average Bonchev–Trinajstić information content (AvgIpc) is 2.55. The van der Waals surface area contributed by atoms with Gasteiger partial charge in [-0.2, -0.15) is 0 Å². The van der Waals surface area contributed by atoms with Crippen molar-refractivity contribution in [3.05, 3.63) is 33.4 Å². The molecule has 6 heteroatoms. The largest absolute Gasteiger partial charge is 0.289 e.